The first kappa shape index (κ1) is 20.8. The minimum Gasteiger partial charge on any atom is -0.351 e. The molecule has 0 radical (unpaired) electrons. The highest BCUT2D eigenvalue weighted by atomic mass is 16.1. The number of carbonyl (C=O) groups excluding carboxylic acids is 1. The zero-order chi connectivity index (χ0) is 21.0. The van der Waals surface area contributed by atoms with Crippen molar-refractivity contribution in [1.29, 1.82) is 0 Å². The number of hydrogen-bond acceptors (Lipinski definition) is 3. The largest absolute Gasteiger partial charge is 0.351 e. The van der Waals surface area contributed by atoms with Crippen LogP contribution in [0.5, 0.6) is 0 Å². The fraction of sp³-hybridized carbons (Fsp3) is 0.333. The van der Waals surface area contributed by atoms with Gasteiger partial charge in [-0.2, -0.15) is 5.10 Å². The number of amides is 1. The Morgan fingerprint density at radius 2 is 1.72 bits per heavy atom. The van der Waals surface area contributed by atoms with Gasteiger partial charge in [-0.15, -0.1) is 0 Å². The van der Waals surface area contributed by atoms with Gasteiger partial charge in [-0.1, -0.05) is 56.3 Å². The molecule has 0 atom stereocenters. The smallest absolute Gasteiger partial charge is 0.255 e. The van der Waals surface area contributed by atoms with Crippen LogP contribution in [0.1, 0.15) is 29.8 Å². The lowest BCUT2D eigenvalue weighted by molar-refractivity contribution is 0.0930. The molecule has 0 saturated carbocycles. The first-order valence-corrected chi connectivity index (χ1v) is 9.91. The molecule has 1 N–H and O–H groups in total. The fourth-order valence-corrected chi connectivity index (χ4v) is 3.62. The SMILES string of the molecule is Cc1ccccc1-c1nn(-c2ccccc2)cc1C(=O)NCC(C)(C)CN(C)C. The Kier molecular flexibility index (Phi) is 6.18. The molecule has 3 aromatic rings. The van der Waals surface area contributed by atoms with Gasteiger partial charge in [0.25, 0.3) is 5.91 Å². The van der Waals surface area contributed by atoms with Crippen molar-refractivity contribution in [2.45, 2.75) is 20.8 Å². The van der Waals surface area contributed by atoms with Crippen LogP contribution in [0, 0.1) is 12.3 Å². The van der Waals surface area contributed by atoms with Crippen molar-refractivity contribution in [2.75, 3.05) is 27.2 Å². The zero-order valence-corrected chi connectivity index (χ0v) is 17.9. The molecule has 1 heterocycles. The molecule has 0 fully saturated rings. The monoisotopic (exact) mass is 390 g/mol. The summed E-state index contributed by atoms with van der Waals surface area (Å²) in [7, 11) is 4.09. The molecule has 0 bridgehead atoms. The van der Waals surface area contributed by atoms with Crippen molar-refractivity contribution < 1.29 is 4.79 Å². The number of carbonyl (C=O) groups is 1. The summed E-state index contributed by atoms with van der Waals surface area (Å²) < 4.78 is 1.78. The van der Waals surface area contributed by atoms with Crippen molar-refractivity contribution in [1.82, 2.24) is 20.0 Å². The second kappa shape index (κ2) is 8.62. The number of aromatic nitrogens is 2. The molecule has 0 saturated heterocycles. The second-order valence-corrected chi connectivity index (χ2v) is 8.57. The maximum absolute atomic E-state index is 13.1. The van der Waals surface area contributed by atoms with Gasteiger partial charge in [-0.3, -0.25) is 4.79 Å². The number of benzene rings is 2. The lowest BCUT2D eigenvalue weighted by Gasteiger charge is -2.28. The molecule has 1 amide bonds. The van der Waals surface area contributed by atoms with Gasteiger partial charge in [-0.05, 0) is 44.1 Å². The van der Waals surface area contributed by atoms with Crippen LogP contribution in [0.4, 0.5) is 0 Å². The molecule has 2 aromatic carbocycles. The van der Waals surface area contributed by atoms with Gasteiger partial charge in [0.05, 0.1) is 11.3 Å². The lowest BCUT2D eigenvalue weighted by Crippen LogP contribution is -2.40. The molecule has 1 aromatic heterocycles. The van der Waals surface area contributed by atoms with Crippen LogP contribution in [0.2, 0.25) is 0 Å². The van der Waals surface area contributed by atoms with Gasteiger partial charge in [0.2, 0.25) is 0 Å². The highest BCUT2D eigenvalue weighted by molar-refractivity contribution is 6.00. The van der Waals surface area contributed by atoms with Gasteiger partial charge < -0.3 is 10.2 Å². The molecule has 0 unspecified atom stereocenters. The van der Waals surface area contributed by atoms with Gasteiger partial charge in [0.1, 0.15) is 5.69 Å². The molecule has 29 heavy (non-hydrogen) atoms. The Labute approximate surface area is 173 Å². The third kappa shape index (κ3) is 5.12. The second-order valence-electron chi connectivity index (χ2n) is 8.57. The standard InChI is InChI=1S/C24H30N4O/c1-18-11-9-10-14-20(18)22-21(15-28(26-22)19-12-7-6-8-13-19)23(29)25-16-24(2,3)17-27(4)5/h6-15H,16-17H2,1-5H3,(H,25,29). The van der Waals surface area contributed by atoms with Crippen LogP contribution in [0.25, 0.3) is 16.9 Å². The average Bonchev–Trinajstić information content (AvgIpc) is 3.11. The molecule has 0 aliphatic rings. The summed E-state index contributed by atoms with van der Waals surface area (Å²) in [5.41, 5.74) is 4.25. The van der Waals surface area contributed by atoms with Crippen LogP contribution < -0.4 is 5.32 Å². The number of para-hydroxylation sites is 1. The van der Waals surface area contributed by atoms with E-state index in [0.29, 0.717) is 17.8 Å². The van der Waals surface area contributed by atoms with Crippen molar-refractivity contribution >= 4 is 5.91 Å². The van der Waals surface area contributed by atoms with Crippen LogP contribution in [-0.4, -0.2) is 47.8 Å². The summed E-state index contributed by atoms with van der Waals surface area (Å²) in [6.45, 7) is 7.83. The summed E-state index contributed by atoms with van der Waals surface area (Å²) in [6, 6.07) is 17.9. The summed E-state index contributed by atoms with van der Waals surface area (Å²) in [5, 5.41) is 7.89. The van der Waals surface area contributed by atoms with Crippen LogP contribution >= 0.6 is 0 Å². The van der Waals surface area contributed by atoms with E-state index in [-0.39, 0.29) is 11.3 Å². The molecule has 3 rings (SSSR count). The molecule has 0 spiro atoms. The van der Waals surface area contributed by atoms with Gasteiger partial charge in [-0.25, -0.2) is 4.68 Å². The van der Waals surface area contributed by atoms with Gasteiger partial charge in [0.15, 0.2) is 0 Å². The molecule has 0 aliphatic heterocycles. The molecular formula is C24H30N4O. The van der Waals surface area contributed by atoms with E-state index in [1.807, 2.05) is 81.8 Å². The number of rotatable bonds is 7. The summed E-state index contributed by atoms with van der Waals surface area (Å²) >= 11 is 0. The highest BCUT2D eigenvalue weighted by Gasteiger charge is 2.23. The lowest BCUT2D eigenvalue weighted by atomic mass is 9.92. The van der Waals surface area contributed by atoms with Crippen molar-refractivity contribution in [2.24, 2.45) is 5.41 Å². The molecule has 152 valence electrons. The predicted molar refractivity (Wildman–Crippen MR) is 118 cm³/mol. The van der Waals surface area contributed by atoms with Crippen molar-refractivity contribution in [3.8, 4) is 16.9 Å². The van der Waals surface area contributed by atoms with E-state index in [4.69, 9.17) is 5.10 Å². The van der Waals surface area contributed by atoms with E-state index in [1.165, 1.54) is 0 Å². The first-order valence-electron chi connectivity index (χ1n) is 9.91. The molecular weight excluding hydrogens is 360 g/mol. The Hall–Kier alpha value is -2.92. The van der Waals surface area contributed by atoms with Crippen molar-refractivity contribution in [3.63, 3.8) is 0 Å². The predicted octanol–water partition coefficient (Wildman–Crippen LogP) is 4.17. The van der Waals surface area contributed by atoms with E-state index in [0.717, 1.165) is 23.4 Å². The van der Waals surface area contributed by atoms with Crippen LogP contribution in [0.3, 0.4) is 0 Å². The normalized spacial score (nSPS) is 11.7. The minimum atomic E-state index is -0.0998. The molecule has 0 aliphatic carbocycles. The summed E-state index contributed by atoms with van der Waals surface area (Å²) in [6.07, 6.45) is 1.82. The van der Waals surface area contributed by atoms with E-state index < -0.39 is 0 Å². The average molecular weight is 391 g/mol. The van der Waals surface area contributed by atoms with Gasteiger partial charge in [0, 0.05) is 24.8 Å². The van der Waals surface area contributed by atoms with Crippen LogP contribution in [0.15, 0.2) is 60.8 Å². The number of aryl methyl sites for hydroxylation is 1. The van der Waals surface area contributed by atoms with E-state index in [9.17, 15) is 4.79 Å². The Morgan fingerprint density at radius 1 is 1.07 bits per heavy atom. The van der Waals surface area contributed by atoms with Gasteiger partial charge >= 0.3 is 0 Å². The Balaban J connectivity index is 1.95. The van der Waals surface area contributed by atoms with Crippen LogP contribution in [-0.2, 0) is 0 Å². The summed E-state index contributed by atoms with van der Waals surface area (Å²) in [4.78, 5) is 15.3. The zero-order valence-electron chi connectivity index (χ0n) is 17.9. The maximum atomic E-state index is 13.1. The minimum absolute atomic E-state index is 0.0303. The number of nitrogens with zero attached hydrogens (tertiary/aromatic N) is 3. The number of nitrogens with one attached hydrogen (secondary N) is 1. The summed E-state index contributed by atoms with van der Waals surface area (Å²) in [5.74, 6) is -0.0998. The topological polar surface area (TPSA) is 50.2 Å². The quantitative estimate of drug-likeness (QED) is 0.659. The number of hydrogen-bond donors (Lipinski definition) is 1. The Bertz CT molecular complexity index is 974. The van der Waals surface area contributed by atoms with E-state index >= 15 is 0 Å². The fourth-order valence-electron chi connectivity index (χ4n) is 3.62. The van der Waals surface area contributed by atoms with E-state index in [2.05, 4.69) is 24.1 Å². The Morgan fingerprint density at radius 3 is 2.38 bits per heavy atom. The third-order valence-corrected chi connectivity index (χ3v) is 4.85. The van der Waals surface area contributed by atoms with Crippen molar-refractivity contribution in [3.05, 3.63) is 71.9 Å². The molecule has 5 heteroatoms. The molecule has 5 nitrogen and oxygen atoms in total. The third-order valence-electron chi connectivity index (χ3n) is 4.85. The maximum Gasteiger partial charge on any atom is 0.255 e. The highest BCUT2D eigenvalue weighted by Crippen LogP contribution is 2.27. The van der Waals surface area contributed by atoms with E-state index in [1.54, 1.807) is 4.68 Å². The first-order chi connectivity index (χ1) is 13.8.